The van der Waals surface area contributed by atoms with Crippen molar-refractivity contribution in [3.8, 4) is 0 Å². The van der Waals surface area contributed by atoms with Gasteiger partial charge in [0.2, 0.25) is 5.91 Å². The Kier molecular flexibility index (Phi) is 2.66. The van der Waals surface area contributed by atoms with Gasteiger partial charge < -0.3 is 9.64 Å². The Labute approximate surface area is 97.1 Å². The molecule has 2 heterocycles. The monoisotopic (exact) mass is 223 g/mol. The maximum absolute atomic E-state index is 11.9. The standard InChI is InChI=1S/C13H21NO2/c15-12(11-3-4-11)14-8-6-13(7-9-14)5-1-2-10-16-13/h11H,1-10H2. The summed E-state index contributed by atoms with van der Waals surface area (Å²) in [5, 5.41) is 0. The number of amides is 1. The average Bonchev–Trinajstić information content (AvgIpc) is 3.14. The number of piperidine rings is 1. The van der Waals surface area contributed by atoms with Crippen LogP contribution >= 0.6 is 0 Å². The number of rotatable bonds is 1. The molecule has 0 radical (unpaired) electrons. The van der Waals surface area contributed by atoms with Gasteiger partial charge in [-0.1, -0.05) is 0 Å². The van der Waals surface area contributed by atoms with Crippen LogP contribution in [0.25, 0.3) is 0 Å². The first-order valence-electron chi connectivity index (χ1n) is 6.72. The number of hydrogen-bond donors (Lipinski definition) is 0. The zero-order valence-electron chi connectivity index (χ0n) is 9.91. The van der Waals surface area contributed by atoms with E-state index in [1.165, 1.54) is 19.3 Å². The fraction of sp³-hybridized carbons (Fsp3) is 0.923. The highest BCUT2D eigenvalue weighted by Gasteiger charge is 2.40. The van der Waals surface area contributed by atoms with E-state index in [1.807, 2.05) is 0 Å². The van der Waals surface area contributed by atoms with Gasteiger partial charge in [-0.15, -0.1) is 0 Å². The van der Waals surface area contributed by atoms with Gasteiger partial charge in [-0.05, 0) is 44.9 Å². The van der Waals surface area contributed by atoms with Gasteiger partial charge in [0.05, 0.1) is 5.60 Å². The largest absolute Gasteiger partial charge is 0.375 e. The van der Waals surface area contributed by atoms with E-state index in [-0.39, 0.29) is 5.60 Å². The van der Waals surface area contributed by atoms with Crippen LogP contribution in [0, 0.1) is 5.92 Å². The molecule has 3 rings (SSSR count). The van der Waals surface area contributed by atoms with Gasteiger partial charge in [-0.2, -0.15) is 0 Å². The summed E-state index contributed by atoms with van der Waals surface area (Å²) < 4.78 is 5.97. The summed E-state index contributed by atoms with van der Waals surface area (Å²) in [5.74, 6) is 0.784. The molecule has 0 aromatic rings. The summed E-state index contributed by atoms with van der Waals surface area (Å²) >= 11 is 0. The Morgan fingerprint density at radius 2 is 1.88 bits per heavy atom. The Hall–Kier alpha value is -0.570. The van der Waals surface area contributed by atoms with E-state index in [1.54, 1.807) is 0 Å². The Bertz CT molecular complexity index is 270. The number of carbonyl (C=O) groups excluding carboxylic acids is 1. The highest BCUT2D eigenvalue weighted by Crippen LogP contribution is 2.37. The second-order valence-electron chi connectivity index (χ2n) is 5.59. The molecule has 0 bridgehead atoms. The average molecular weight is 223 g/mol. The summed E-state index contributed by atoms with van der Waals surface area (Å²) in [7, 11) is 0. The van der Waals surface area contributed by atoms with E-state index < -0.39 is 0 Å². The van der Waals surface area contributed by atoms with Gasteiger partial charge in [0.25, 0.3) is 0 Å². The Morgan fingerprint density at radius 3 is 2.44 bits per heavy atom. The second-order valence-corrected chi connectivity index (χ2v) is 5.59. The SMILES string of the molecule is O=C(C1CC1)N1CCC2(CCCCO2)CC1. The van der Waals surface area contributed by atoms with E-state index >= 15 is 0 Å². The summed E-state index contributed by atoms with van der Waals surface area (Å²) in [6.07, 6.45) is 8.09. The van der Waals surface area contributed by atoms with Crippen LogP contribution in [-0.4, -0.2) is 36.1 Å². The van der Waals surface area contributed by atoms with Crippen LogP contribution in [0.1, 0.15) is 44.9 Å². The number of ether oxygens (including phenoxy) is 1. The number of nitrogens with zero attached hydrogens (tertiary/aromatic N) is 1. The van der Waals surface area contributed by atoms with Crippen LogP contribution < -0.4 is 0 Å². The first kappa shape index (κ1) is 10.6. The van der Waals surface area contributed by atoms with Crippen molar-refractivity contribution >= 4 is 5.91 Å². The molecule has 0 aromatic heterocycles. The Balaban J connectivity index is 1.56. The van der Waals surface area contributed by atoms with Crippen LogP contribution in [-0.2, 0) is 9.53 Å². The molecule has 1 amide bonds. The Morgan fingerprint density at radius 1 is 1.12 bits per heavy atom. The highest BCUT2D eigenvalue weighted by atomic mass is 16.5. The molecule has 3 aliphatic rings. The molecular weight excluding hydrogens is 202 g/mol. The molecule has 0 unspecified atom stereocenters. The molecule has 0 aromatic carbocycles. The zero-order valence-corrected chi connectivity index (χ0v) is 9.91. The third-order valence-corrected chi connectivity index (χ3v) is 4.35. The van der Waals surface area contributed by atoms with Crippen molar-refractivity contribution < 1.29 is 9.53 Å². The minimum atomic E-state index is 0.137. The fourth-order valence-electron chi connectivity index (χ4n) is 3.03. The highest BCUT2D eigenvalue weighted by molar-refractivity contribution is 5.81. The predicted octanol–water partition coefficient (Wildman–Crippen LogP) is 1.96. The quantitative estimate of drug-likeness (QED) is 0.680. The van der Waals surface area contributed by atoms with Crippen molar-refractivity contribution in [2.24, 2.45) is 5.92 Å². The topological polar surface area (TPSA) is 29.5 Å². The third kappa shape index (κ3) is 1.97. The predicted molar refractivity (Wildman–Crippen MR) is 61.1 cm³/mol. The third-order valence-electron chi connectivity index (χ3n) is 4.35. The molecule has 16 heavy (non-hydrogen) atoms. The van der Waals surface area contributed by atoms with E-state index in [0.717, 1.165) is 45.4 Å². The lowest BCUT2D eigenvalue weighted by molar-refractivity contribution is -0.143. The molecule has 1 aliphatic carbocycles. The summed E-state index contributed by atoms with van der Waals surface area (Å²) in [5.41, 5.74) is 0.137. The van der Waals surface area contributed by atoms with Crippen LogP contribution in [0.2, 0.25) is 0 Å². The second kappa shape index (κ2) is 4.02. The van der Waals surface area contributed by atoms with Gasteiger partial charge in [0.15, 0.2) is 0 Å². The molecule has 2 saturated heterocycles. The van der Waals surface area contributed by atoms with Crippen molar-refractivity contribution in [3.05, 3.63) is 0 Å². The fourth-order valence-corrected chi connectivity index (χ4v) is 3.03. The van der Waals surface area contributed by atoms with E-state index in [0.29, 0.717) is 11.8 Å². The number of carbonyl (C=O) groups is 1. The van der Waals surface area contributed by atoms with Crippen molar-refractivity contribution in [2.45, 2.75) is 50.5 Å². The van der Waals surface area contributed by atoms with Crippen molar-refractivity contribution in [2.75, 3.05) is 19.7 Å². The first-order chi connectivity index (χ1) is 7.79. The van der Waals surface area contributed by atoms with Crippen LogP contribution in [0.4, 0.5) is 0 Å². The van der Waals surface area contributed by atoms with Crippen molar-refractivity contribution in [3.63, 3.8) is 0 Å². The van der Waals surface area contributed by atoms with Crippen LogP contribution in [0.15, 0.2) is 0 Å². The molecule has 1 saturated carbocycles. The van der Waals surface area contributed by atoms with E-state index in [9.17, 15) is 4.79 Å². The summed E-state index contributed by atoms with van der Waals surface area (Å²) in [4.78, 5) is 14.0. The molecule has 0 N–H and O–H groups in total. The van der Waals surface area contributed by atoms with Gasteiger partial charge >= 0.3 is 0 Å². The van der Waals surface area contributed by atoms with Crippen LogP contribution in [0.5, 0.6) is 0 Å². The lowest BCUT2D eigenvalue weighted by Gasteiger charge is -2.44. The lowest BCUT2D eigenvalue weighted by atomic mass is 9.84. The molecule has 90 valence electrons. The molecule has 0 atom stereocenters. The van der Waals surface area contributed by atoms with Gasteiger partial charge in [0, 0.05) is 25.6 Å². The number of hydrogen-bond acceptors (Lipinski definition) is 2. The molecule has 1 spiro atoms. The zero-order chi connectivity index (χ0) is 11.0. The van der Waals surface area contributed by atoms with Gasteiger partial charge in [-0.25, -0.2) is 0 Å². The van der Waals surface area contributed by atoms with Gasteiger partial charge in [-0.3, -0.25) is 4.79 Å². The molecular formula is C13H21NO2. The van der Waals surface area contributed by atoms with E-state index in [2.05, 4.69) is 4.90 Å². The van der Waals surface area contributed by atoms with Gasteiger partial charge in [0.1, 0.15) is 0 Å². The molecule has 3 nitrogen and oxygen atoms in total. The van der Waals surface area contributed by atoms with Crippen LogP contribution in [0.3, 0.4) is 0 Å². The van der Waals surface area contributed by atoms with Crippen molar-refractivity contribution in [1.82, 2.24) is 4.90 Å². The summed E-state index contributed by atoms with van der Waals surface area (Å²) in [6.45, 7) is 2.78. The summed E-state index contributed by atoms with van der Waals surface area (Å²) in [6, 6.07) is 0. The molecule has 2 aliphatic heterocycles. The maximum Gasteiger partial charge on any atom is 0.225 e. The normalized spacial score (nSPS) is 29.4. The maximum atomic E-state index is 11.9. The van der Waals surface area contributed by atoms with E-state index in [4.69, 9.17) is 4.74 Å². The first-order valence-corrected chi connectivity index (χ1v) is 6.72. The number of likely N-dealkylation sites (tertiary alicyclic amines) is 1. The van der Waals surface area contributed by atoms with Crippen molar-refractivity contribution in [1.29, 1.82) is 0 Å². The minimum Gasteiger partial charge on any atom is -0.375 e. The smallest absolute Gasteiger partial charge is 0.225 e. The molecule has 3 fully saturated rings. The molecule has 3 heteroatoms. The lowest BCUT2D eigenvalue weighted by Crippen LogP contribution is -2.49. The minimum absolute atomic E-state index is 0.137.